The van der Waals surface area contributed by atoms with Crippen LogP contribution >= 0.6 is 0 Å². The smallest absolute Gasteiger partial charge is 0.325 e. The number of hydrogen-bond acceptors (Lipinski definition) is 4. The number of para-hydroxylation sites is 1. The van der Waals surface area contributed by atoms with Crippen LogP contribution < -0.4 is 5.43 Å². The van der Waals surface area contributed by atoms with Crippen LogP contribution in [0.1, 0.15) is 23.6 Å². The van der Waals surface area contributed by atoms with Gasteiger partial charge in [-0.1, -0.05) is 48.0 Å². The van der Waals surface area contributed by atoms with Crippen LogP contribution in [0.3, 0.4) is 0 Å². The average molecular weight is 377 g/mol. The molecule has 0 fully saturated rings. The van der Waals surface area contributed by atoms with Crippen LogP contribution in [-0.4, -0.2) is 29.3 Å². The summed E-state index contributed by atoms with van der Waals surface area (Å²) >= 11 is 0. The van der Waals surface area contributed by atoms with E-state index >= 15 is 0 Å². The molecule has 1 amide bonds. The number of benzene rings is 2. The summed E-state index contributed by atoms with van der Waals surface area (Å²) in [5.74, 6) is -0.478. The lowest BCUT2D eigenvalue weighted by Crippen LogP contribution is -2.19. The maximum Gasteiger partial charge on any atom is 0.325 e. The number of esters is 1. The first kappa shape index (κ1) is 19.4. The number of hydrogen-bond donors (Lipinski definition) is 1. The summed E-state index contributed by atoms with van der Waals surface area (Å²) in [6.07, 6.45) is 3.69. The van der Waals surface area contributed by atoms with Gasteiger partial charge >= 0.3 is 5.97 Å². The lowest BCUT2D eigenvalue weighted by molar-refractivity contribution is -0.143. The summed E-state index contributed by atoms with van der Waals surface area (Å²) in [5, 5.41) is 5.03. The number of carbonyl (C=O) groups is 2. The van der Waals surface area contributed by atoms with Crippen LogP contribution in [0.2, 0.25) is 0 Å². The highest BCUT2D eigenvalue weighted by Crippen LogP contribution is 2.20. The molecule has 2 aromatic carbocycles. The fourth-order valence-corrected chi connectivity index (χ4v) is 2.96. The van der Waals surface area contributed by atoms with E-state index in [0.717, 1.165) is 27.6 Å². The third-order valence-corrected chi connectivity index (χ3v) is 4.30. The number of carbonyl (C=O) groups excluding carboxylic acids is 2. The van der Waals surface area contributed by atoms with E-state index in [4.69, 9.17) is 4.74 Å². The van der Waals surface area contributed by atoms with Crippen molar-refractivity contribution in [3.05, 3.63) is 71.4 Å². The highest BCUT2D eigenvalue weighted by molar-refractivity contribution is 6.00. The molecule has 0 saturated heterocycles. The molecule has 0 aliphatic rings. The topological polar surface area (TPSA) is 72.7 Å². The van der Waals surface area contributed by atoms with Crippen LogP contribution in [0.25, 0.3) is 10.9 Å². The van der Waals surface area contributed by atoms with Gasteiger partial charge < -0.3 is 9.30 Å². The molecule has 1 heterocycles. The van der Waals surface area contributed by atoms with Crippen LogP contribution in [0.5, 0.6) is 0 Å². The van der Waals surface area contributed by atoms with Gasteiger partial charge in [0, 0.05) is 22.7 Å². The molecule has 3 rings (SSSR count). The number of nitrogens with one attached hydrogen (secondary N) is 1. The normalized spacial score (nSPS) is 11.1. The minimum absolute atomic E-state index is 0.127. The van der Waals surface area contributed by atoms with Crippen molar-refractivity contribution in [2.24, 2.45) is 5.10 Å². The molecule has 0 atom stereocenters. The number of hydrazone groups is 1. The van der Waals surface area contributed by atoms with E-state index in [1.54, 1.807) is 13.1 Å². The third-order valence-electron chi connectivity index (χ3n) is 4.30. The van der Waals surface area contributed by atoms with Gasteiger partial charge in [0.1, 0.15) is 6.54 Å². The van der Waals surface area contributed by atoms with E-state index in [1.165, 1.54) is 0 Å². The average Bonchev–Trinajstić information content (AvgIpc) is 3.02. The number of aromatic nitrogens is 1. The molecule has 1 aromatic heterocycles. The minimum Gasteiger partial charge on any atom is -0.465 e. The predicted octanol–water partition coefficient (Wildman–Crippen LogP) is 3.21. The molecule has 6 heteroatoms. The fraction of sp³-hybridized carbons (Fsp3) is 0.227. The Hall–Kier alpha value is -3.41. The molecular weight excluding hydrogens is 354 g/mol. The zero-order valence-corrected chi connectivity index (χ0v) is 16.0. The quantitative estimate of drug-likeness (QED) is 0.390. The Kier molecular flexibility index (Phi) is 6.22. The van der Waals surface area contributed by atoms with Gasteiger partial charge in [-0.3, -0.25) is 9.59 Å². The summed E-state index contributed by atoms with van der Waals surface area (Å²) in [5.41, 5.74) is 6.37. The third kappa shape index (κ3) is 4.85. The predicted molar refractivity (Wildman–Crippen MR) is 109 cm³/mol. The van der Waals surface area contributed by atoms with Crippen molar-refractivity contribution in [3.63, 3.8) is 0 Å². The molecule has 0 saturated carbocycles. The molecular formula is C22H23N3O3. The van der Waals surface area contributed by atoms with Crippen LogP contribution in [-0.2, 0) is 27.3 Å². The van der Waals surface area contributed by atoms with Gasteiger partial charge in [-0.25, -0.2) is 5.43 Å². The Morgan fingerprint density at radius 3 is 2.64 bits per heavy atom. The monoisotopic (exact) mass is 377 g/mol. The van der Waals surface area contributed by atoms with Crippen molar-refractivity contribution < 1.29 is 14.3 Å². The Morgan fingerprint density at radius 2 is 1.89 bits per heavy atom. The van der Waals surface area contributed by atoms with Gasteiger partial charge in [-0.05, 0) is 25.5 Å². The summed E-state index contributed by atoms with van der Waals surface area (Å²) in [4.78, 5) is 23.9. The zero-order chi connectivity index (χ0) is 19.9. The molecule has 144 valence electrons. The van der Waals surface area contributed by atoms with Gasteiger partial charge in [-0.2, -0.15) is 5.10 Å². The molecule has 0 unspecified atom stereocenters. The maximum absolute atomic E-state index is 12.1. The van der Waals surface area contributed by atoms with E-state index in [9.17, 15) is 9.59 Å². The van der Waals surface area contributed by atoms with E-state index in [1.807, 2.05) is 66.2 Å². The minimum atomic E-state index is -0.293. The van der Waals surface area contributed by atoms with Gasteiger partial charge in [0.05, 0.1) is 19.2 Å². The van der Waals surface area contributed by atoms with Gasteiger partial charge in [0.2, 0.25) is 5.91 Å². The molecule has 0 aliphatic carbocycles. The number of fused-ring (bicyclic) bond motifs is 1. The highest BCUT2D eigenvalue weighted by Gasteiger charge is 2.10. The van der Waals surface area contributed by atoms with Gasteiger partial charge in [0.25, 0.3) is 0 Å². The second-order valence-electron chi connectivity index (χ2n) is 6.49. The summed E-state index contributed by atoms with van der Waals surface area (Å²) in [7, 11) is 0. The highest BCUT2D eigenvalue weighted by atomic mass is 16.5. The molecule has 0 bridgehead atoms. The Labute approximate surface area is 163 Å². The molecule has 0 radical (unpaired) electrons. The first-order valence-corrected chi connectivity index (χ1v) is 9.17. The van der Waals surface area contributed by atoms with E-state index in [2.05, 4.69) is 10.5 Å². The first-order valence-electron chi connectivity index (χ1n) is 9.17. The number of aryl methyl sites for hydroxylation is 1. The van der Waals surface area contributed by atoms with Crippen molar-refractivity contribution in [3.8, 4) is 0 Å². The van der Waals surface area contributed by atoms with Crippen molar-refractivity contribution >= 4 is 29.0 Å². The molecule has 6 nitrogen and oxygen atoms in total. The van der Waals surface area contributed by atoms with Gasteiger partial charge in [0.15, 0.2) is 0 Å². The second-order valence-corrected chi connectivity index (χ2v) is 6.49. The number of rotatable bonds is 7. The Morgan fingerprint density at radius 1 is 1.14 bits per heavy atom. The lowest BCUT2D eigenvalue weighted by Gasteiger charge is -2.04. The molecule has 28 heavy (non-hydrogen) atoms. The van der Waals surface area contributed by atoms with Crippen LogP contribution in [0.15, 0.2) is 59.8 Å². The van der Waals surface area contributed by atoms with Crippen molar-refractivity contribution in [1.82, 2.24) is 9.99 Å². The number of nitrogens with zero attached hydrogens (tertiary/aromatic N) is 2. The number of amides is 1. The fourth-order valence-electron chi connectivity index (χ4n) is 2.96. The maximum atomic E-state index is 12.1. The summed E-state index contributed by atoms with van der Waals surface area (Å²) < 4.78 is 6.85. The van der Waals surface area contributed by atoms with Crippen LogP contribution in [0, 0.1) is 6.92 Å². The molecule has 0 spiro atoms. The molecule has 0 aliphatic heterocycles. The van der Waals surface area contributed by atoms with E-state index < -0.39 is 0 Å². The first-order chi connectivity index (χ1) is 13.6. The largest absolute Gasteiger partial charge is 0.465 e. The standard InChI is InChI=1S/C22H23N3O3/c1-3-28-22(27)15-25-14-18(19-6-4-5-7-20(19)25)13-23-24-21(26)12-17-10-8-16(2)9-11-17/h4-11,13-14H,3,12,15H2,1-2H3,(H,24,26)/b23-13-. The van der Waals surface area contributed by atoms with E-state index in [-0.39, 0.29) is 24.8 Å². The Balaban J connectivity index is 1.70. The van der Waals surface area contributed by atoms with Gasteiger partial charge in [-0.15, -0.1) is 0 Å². The second kappa shape index (κ2) is 8.99. The SMILES string of the molecule is CCOC(=O)Cn1cc(/C=N\NC(=O)Cc2ccc(C)cc2)c2ccccc21. The van der Waals surface area contributed by atoms with Crippen molar-refractivity contribution in [1.29, 1.82) is 0 Å². The summed E-state index contributed by atoms with van der Waals surface area (Å²) in [6.45, 7) is 4.26. The van der Waals surface area contributed by atoms with Crippen LogP contribution in [0.4, 0.5) is 0 Å². The van der Waals surface area contributed by atoms with Crippen molar-refractivity contribution in [2.75, 3.05) is 6.61 Å². The number of ether oxygens (including phenoxy) is 1. The van der Waals surface area contributed by atoms with E-state index in [0.29, 0.717) is 6.61 Å². The molecule has 3 aromatic rings. The lowest BCUT2D eigenvalue weighted by atomic mass is 10.1. The summed E-state index contributed by atoms with van der Waals surface area (Å²) in [6, 6.07) is 15.5. The molecule has 1 N–H and O–H groups in total. The van der Waals surface area contributed by atoms with Crippen molar-refractivity contribution in [2.45, 2.75) is 26.8 Å². The Bertz CT molecular complexity index is 1000. The zero-order valence-electron chi connectivity index (χ0n) is 16.0.